The molecule has 4 aromatic rings. The van der Waals surface area contributed by atoms with Crippen LogP contribution in [0.1, 0.15) is 22.2 Å². The van der Waals surface area contributed by atoms with Crippen LogP contribution in [0, 0.1) is 0 Å². The van der Waals surface area contributed by atoms with Crippen LogP contribution in [0.15, 0.2) is 69.3 Å². The topological polar surface area (TPSA) is 72.0 Å². The van der Waals surface area contributed by atoms with E-state index in [1.807, 2.05) is 35.0 Å². The van der Waals surface area contributed by atoms with Crippen molar-refractivity contribution in [1.29, 1.82) is 0 Å². The van der Waals surface area contributed by atoms with Gasteiger partial charge >= 0.3 is 5.69 Å². The predicted molar refractivity (Wildman–Crippen MR) is 109 cm³/mol. The van der Waals surface area contributed by atoms with Crippen LogP contribution >= 0.6 is 22.7 Å². The highest BCUT2D eigenvalue weighted by atomic mass is 32.1. The van der Waals surface area contributed by atoms with Crippen LogP contribution in [0.4, 0.5) is 0 Å². The van der Waals surface area contributed by atoms with Gasteiger partial charge in [0.1, 0.15) is 6.54 Å². The number of carbonyl (C=O) groups is 1. The van der Waals surface area contributed by atoms with Crippen molar-refractivity contribution >= 4 is 39.9 Å². The molecule has 140 valence electrons. The molecule has 1 aliphatic rings. The van der Waals surface area contributed by atoms with Gasteiger partial charge in [0.2, 0.25) is 0 Å². The van der Waals surface area contributed by atoms with Gasteiger partial charge in [-0.1, -0.05) is 18.2 Å². The SMILES string of the molecule is O=C(Cn1nc2ccccn2c1=O)N1N=C(c2cccs2)CC1c1cccs1. The van der Waals surface area contributed by atoms with E-state index in [1.54, 1.807) is 47.1 Å². The van der Waals surface area contributed by atoms with Gasteiger partial charge in [0.25, 0.3) is 5.91 Å². The highest BCUT2D eigenvalue weighted by Crippen LogP contribution is 2.35. The number of carbonyl (C=O) groups excluding carboxylic acids is 1. The van der Waals surface area contributed by atoms with Crippen LogP contribution in [0.3, 0.4) is 0 Å². The zero-order valence-electron chi connectivity index (χ0n) is 14.6. The minimum absolute atomic E-state index is 0.149. The summed E-state index contributed by atoms with van der Waals surface area (Å²) in [5.41, 5.74) is 1.07. The van der Waals surface area contributed by atoms with Gasteiger partial charge < -0.3 is 0 Å². The van der Waals surface area contributed by atoms with Crippen molar-refractivity contribution in [1.82, 2.24) is 19.2 Å². The number of aromatic nitrogens is 3. The molecule has 0 bridgehead atoms. The molecule has 9 heteroatoms. The van der Waals surface area contributed by atoms with Crippen molar-refractivity contribution in [3.63, 3.8) is 0 Å². The summed E-state index contributed by atoms with van der Waals surface area (Å²) in [6.07, 6.45) is 2.30. The van der Waals surface area contributed by atoms with Crippen molar-refractivity contribution in [3.05, 3.63) is 79.7 Å². The number of pyridine rings is 1. The number of hydrogen-bond donors (Lipinski definition) is 0. The van der Waals surface area contributed by atoms with Crippen molar-refractivity contribution in [3.8, 4) is 0 Å². The second kappa shape index (κ2) is 6.84. The first-order valence-electron chi connectivity index (χ1n) is 8.72. The van der Waals surface area contributed by atoms with Gasteiger partial charge in [-0.3, -0.25) is 9.20 Å². The van der Waals surface area contributed by atoms with E-state index in [0.29, 0.717) is 12.1 Å². The van der Waals surface area contributed by atoms with E-state index in [1.165, 1.54) is 14.1 Å². The monoisotopic (exact) mass is 409 g/mol. The zero-order valence-corrected chi connectivity index (χ0v) is 16.3. The lowest BCUT2D eigenvalue weighted by Gasteiger charge is -2.20. The quantitative estimate of drug-likeness (QED) is 0.520. The number of nitrogens with zero attached hydrogens (tertiary/aromatic N) is 5. The minimum Gasteiger partial charge on any atom is -0.271 e. The summed E-state index contributed by atoms with van der Waals surface area (Å²) in [7, 11) is 0. The first kappa shape index (κ1) is 17.1. The molecule has 1 aliphatic heterocycles. The molecule has 28 heavy (non-hydrogen) atoms. The summed E-state index contributed by atoms with van der Waals surface area (Å²) < 4.78 is 2.62. The molecular formula is C19H15N5O2S2. The van der Waals surface area contributed by atoms with Crippen LogP contribution < -0.4 is 5.69 Å². The molecule has 0 aliphatic carbocycles. The van der Waals surface area contributed by atoms with Crippen molar-refractivity contribution in [2.24, 2.45) is 5.10 Å². The molecule has 0 spiro atoms. The van der Waals surface area contributed by atoms with E-state index in [0.717, 1.165) is 15.5 Å². The fraction of sp³-hybridized carbons (Fsp3) is 0.158. The lowest BCUT2D eigenvalue weighted by Crippen LogP contribution is -2.34. The molecular weight excluding hydrogens is 394 g/mol. The number of rotatable bonds is 4. The fourth-order valence-corrected chi connectivity index (χ4v) is 4.84. The Balaban J connectivity index is 1.48. The lowest BCUT2D eigenvalue weighted by molar-refractivity contribution is -0.133. The Labute approximate surface area is 167 Å². The number of hydrogen-bond acceptors (Lipinski definition) is 6. The fourth-order valence-electron chi connectivity index (χ4n) is 3.31. The normalized spacial score (nSPS) is 16.6. The Morgan fingerprint density at radius 1 is 1.11 bits per heavy atom. The van der Waals surface area contributed by atoms with E-state index in [9.17, 15) is 9.59 Å². The standard InChI is InChI=1S/C19H15N5O2S2/c25-18(12-23-19(26)22-8-2-1-7-17(22)21-23)24-14(16-6-4-10-28-16)11-13(20-24)15-5-3-9-27-15/h1-10,14H,11-12H2. The number of amides is 1. The molecule has 0 saturated heterocycles. The first-order valence-corrected chi connectivity index (χ1v) is 10.5. The Hall–Kier alpha value is -3.04. The van der Waals surface area contributed by atoms with Gasteiger partial charge in [0.05, 0.1) is 16.6 Å². The molecule has 1 amide bonds. The van der Waals surface area contributed by atoms with Gasteiger partial charge in [-0.2, -0.15) is 5.10 Å². The van der Waals surface area contributed by atoms with Gasteiger partial charge in [0, 0.05) is 17.5 Å². The number of thiophene rings is 2. The summed E-state index contributed by atoms with van der Waals surface area (Å²) in [6, 6.07) is 13.1. The maximum absolute atomic E-state index is 13.1. The average Bonchev–Trinajstić information content (AvgIpc) is 3.49. The van der Waals surface area contributed by atoms with E-state index < -0.39 is 0 Å². The highest BCUT2D eigenvalue weighted by Gasteiger charge is 2.34. The maximum Gasteiger partial charge on any atom is 0.350 e. The van der Waals surface area contributed by atoms with Gasteiger partial charge in [-0.25, -0.2) is 14.5 Å². The average molecular weight is 409 g/mol. The van der Waals surface area contributed by atoms with E-state index >= 15 is 0 Å². The van der Waals surface area contributed by atoms with Crippen molar-refractivity contribution in [2.75, 3.05) is 0 Å². The van der Waals surface area contributed by atoms with Crippen LogP contribution in [-0.4, -0.2) is 30.8 Å². The minimum atomic E-state index is -0.335. The van der Waals surface area contributed by atoms with Crippen LogP contribution in [0.5, 0.6) is 0 Å². The number of hydrazone groups is 1. The Kier molecular flexibility index (Phi) is 4.18. The van der Waals surface area contributed by atoms with E-state index in [4.69, 9.17) is 0 Å². The molecule has 0 aromatic carbocycles. The van der Waals surface area contributed by atoms with Crippen molar-refractivity contribution in [2.45, 2.75) is 19.0 Å². The molecule has 5 rings (SSSR count). The predicted octanol–water partition coefficient (Wildman–Crippen LogP) is 3.00. The largest absolute Gasteiger partial charge is 0.350 e. The second-order valence-corrected chi connectivity index (χ2v) is 8.29. The molecule has 0 N–H and O–H groups in total. The van der Waals surface area contributed by atoms with Crippen molar-refractivity contribution < 1.29 is 4.79 Å². The van der Waals surface area contributed by atoms with Crippen LogP contribution in [0.2, 0.25) is 0 Å². The zero-order chi connectivity index (χ0) is 19.1. The molecule has 4 aromatic heterocycles. The first-order chi connectivity index (χ1) is 13.7. The summed E-state index contributed by atoms with van der Waals surface area (Å²) in [5, 5.41) is 14.4. The summed E-state index contributed by atoms with van der Waals surface area (Å²) in [5.74, 6) is -0.254. The molecule has 1 atom stereocenters. The Bertz CT molecular complexity index is 1220. The molecule has 0 radical (unpaired) electrons. The third-order valence-electron chi connectivity index (χ3n) is 4.62. The second-order valence-electron chi connectivity index (χ2n) is 6.37. The molecule has 1 unspecified atom stereocenters. The Morgan fingerprint density at radius 3 is 2.71 bits per heavy atom. The summed E-state index contributed by atoms with van der Waals surface area (Å²) >= 11 is 3.21. The van der Waals surface area contributed by atoms with Gasteiger partial charge in [-0.05, 0) is 35.0 Å². The molecule has 0 fully saturated rings. The van der Waals surface area contributed by atoms with Gasteiger partial charge in [-0.15, -0.1) is 27.8 Å². The molecule has 0 saturated carbocycles. The van der Waals surface area contributed by atoms with E-state index in [2.05, 4.69) is 10.2 Å². The van der Waals surface area contributed by atoms with Crippen LogP contribution in [0.25, 0.3) is 5.65 Å². The maximum atomic E-state index is 13.1. The highest BCUT2D eigenvalue weighted by molar-refractivity contribution is 7.12. The molecule has 5 heterocycles. The summed E-state index contributed by atoms with van der Waals surface area (Å²) in [4.78, 5) is 27.7. The third-order valence-corrected chi connectivity index (χ3v) is 6.51. The van der Waals surface area contributed by atoms with E-state index in [-0.39, 0.29) is 24.2 Å². The lowest BCUT2D eigenvalue weighted by atomic mass is 10.1. The molecule has 7 nitrogen and oxygen atoms in total. The number of fused-ring (bicyclic) bond motifs is 1. The summed E-state index contributed by atoms with van der Waals surface area (Å²) in [6.45, 7) is -0.149. The Morgan fingerprint density at radius 2 is 1.96 bits per heavy atom. The van der Waals surface area contributed by atoms with Crippen LogP contribution in [-0.2, 0) is 11.3 Å². The third kappa shape index (κ3) is 2.88. The van der Waals surface area contributed by atoms with Gasteiger partial charge in [0.15, 0.2) is 5.65 Å². The smallest absolute Gasteiger partial charge is 0.271 e.